The fraction of sp³-hybridized carbons (Fsp3) is 0.960. The van der Waals surface area contributed by atoms with Gasteiger partial charge in [-0.2, -0.15) is 0 Å². The summed E-state index contributed by atoms with van der Waals surface area (Å²) in [6.07, 6.45) is 20.9. The first kappa shape index (κ1) is 36.5. The molecule has 0 amide bonds. The van der Waals surface area contributed by atoms with Crippen molar-refractivity contribution in [3.8, 4) is 0 Å². The normalized spacial score (nSPS) is 12.3. The molecular weight excluding hydrogens is 467 g/mol. The van der Waals surface area contributed by atoms with Crippen molar-refractivity contribution in [2.75, 3.05) is 25.8 Å². The molecule has 0 spiro atoms. The SMILES string of the molecule is CCCCCCCCCCCCCCCCCCC(=O)OC(C)COCCOCS(=O)(=O)[O-].[Na+]. The van der Waals surface area contributed by atoms with E-state index in [0.29, 0.717) is 6.42 Å². The Kier molecular flexibility index (Phi) is 28.3. The van der Waals surface area contributed by atoms with Crippen molar-refractivity contribution in [1.29, 1.82) is 0 Å². The smallest absolute Gasteiger partial charge is 0.746 e. The Morgan fingerprint density at radius 1 is 0.735 bits per heavy atom. The van der Waals surface area contributed by atoms with Gasteiger partial charge in [-0.05, 0) is 13.3 Å². The van der Waals surface area contributed by atoms with E-state index in [9.17, 15) is 17.8 Å². The summed E-state index contributed by atoms with van der Waals surface area (Å²) >= 11 is 0. The molecule has 0 heterocycles. The zero-order valence-corrected chi connectivity index (χ0v) is 25.0. The molecule has 0 N–H and O–H groups in total. The Hall–Kier alpha value is 0.300. The van der Waals surface area contributed by atoms with Crippen molar-refractivity contribution in [2.45, 2.75) is 129 Å². The molecule has 0 aromatic heterocycles. The van der Waals surface area contributed by atoms with Gasteiger partial charge >= 0.3 is 35.5 Å². The van der Waals surface area contributed by atoms with Gasteiger partial charge in [0, 0.05) is 6.42 Å². The molecule has 9 heteroatoms. The first-order chi connectivity index (χ1) is 15.8. The van der Waals surface area contributed by atoms with Gasteiger partial charge < -0.3 is 18.8 Å². The second-order valence-electron chi connectivity index (χ2n) is 9.01. The van der Waals surface area contributed by atoms with Crippen LogP contribution in [0.3, 0.4) is 0 Å². The zero-order chi connectivity index (χ0) is 24.6. The van der Waals surface area contributed by atoms with Crippen molar-refractivity contribution in [1.82, 2.24) is 0 Å². The van der Waals surface area contributed by atoms with E-state index >= 15 is 0 Å². The van der Waals surface area contributed by atoms with Gasteiger partial charge in [0.2, 0.25) is 0 Å². The topological polar surface area (TPSA) is 102 Å². The summed E-state index contributed by atoms with van der Waals surface area (Å²) < 4.78 is 46.3. The summed E-state index contributed by atoms with van der Waals surface area (Å²) in [7, 11) is -4.37. The number of rotatable bonds is 25. The molecule has 0 aromatic rings. The van der Waals surface area contributed by atoms with E-state index in [1.54, 1.807) is 6.92 Å². The third-order valence-electron chi connectivity index (χ3n) is 5.52. The summed E-state index contributed by atoms with van der Waals surface area (Å²) in [6, 6.07) is 0. The summed E-state index contributed by atoms with van der Waals surface area (Å²) in [5.74, 6) is -1.08. The molecule has 0 aliphatic carbocycles. The van der Waals surface area contributed by atoms with Crippen LogP contribution in [-0.4, -0.2) is 50.8 Å². The van der Waals surface area contributed by atoms with Crippen LogP contribution >= 0.6 is 0 Å². The number of esters is 1. The van der Waals surface area contributed by atoms with E-state index in [2.05, 4.69) is 11.7 Å². The minimum Gasteiger partial charge on any atom is -0.746 e. The predicted molar refractivity (Wildman–Crippen MR) is 131 cm³/mol. The van der Waals surface area contributed by atoms with Gasteiger partial charge in [0.1, 0.15) is 22.2 Å². The zero-order valence-electron chi connectivity index (χ0n) is 22.2. The van der Waals surface area contributed by atoms with Crippen LogP contribution in [0, 0.1) is 0 Å². The molecule has 7 nitrogen and oxygen atoms in total. The van der Waals surface area contributed by atoms with Crippen LogP contribution in [0.25, 0.3) is 0 Å². The minimum absolute atomic E-state index is 0. The van der Waals surface area contributed by atoms with Crippen LogP contribution in [0.2, 0.25) is 0 Å². The molecule has 198 valence electrons. The standard InChI is InChI=1S/C25H50O7S.Na/c1-3-4-5-6-7-8-9-10-11-12-13-14-15-16-17-18-19-25(26)32-24(2)22-30-20-21-31-23-33(27,28)29;/h24H,3-23H2,1-2H3,(H,27,28,29);/q;+1/p-1. The van der Waals surface area contributed by atoms with Gasteiger partial charge in [-0.15, -0.1) is 0 Å². The van der Waals surface area contributed by atoms with Crippen molar-refractivity contribution in [2.24, 2.45) is 0 Å². The minimum atomic E-state index is -4.37. The summed E-state index contributed by atoms with van der Waals surface area (Å²) in [5.41, 5.74) is 0. The van der Waals surface area contributed by atoms with E-state index in [-0.39, 0.29) is 61.5 Å². The van der Waals surface area contributed by atoms with E-state index in [1.807, 2.05) is 0 Å². The van der Waals surface area contributed by atoms with Crippen LogP contribution in [0.4, 0.5) is 0 Å². The van der Waals surface area contributed by atoms with Crippen LogP contribution in [0.15, 0.2) is 0 Å². The predicted octanol–water partition coefficient (Wildman–Crippen LogP) is 3.11. The number of carbonyl (C=O) groups excluding carboxylic acids is 1. The largest absolute Gasteiger partial charge is 1.00 e. The average molecular weight is 517 g/mol. The van der Waals surface area contributed by atoms with E-state index < -0.39 is 16.1 Å². The molecule has 0 aliphatic rings. The molecule has 0 radical (unpaired) electrons. The van der Waals surface area contributed by atoms with Gasteiger partial charge in [-0.25, -0.2) is 8.42 Å². The molecule has 0 aliphatic heterocycles. The molecular formula is C25H49NaO7S. The van der Waals surface area contributed by atoms with Crippen LogP contribution in [-0.2, 0) is 29.1 Å². The Morgan fingerprint density at radius 3 is 1.59 bits per heavy atom. The second kappa shape index (κ2) is 26.4. The molecule has 0 saturated carbocycles. The fourth-order valence-corrected chi connectivity index (χ4v) is 3.98. The first-order valence-corrected chi connectivity index (χ1v) is 14.7. The third kappa shape index (κ3) is 30.3. The Labute approximate surface area is 231 Å². The third-order valence-corrected chi connectivity index (χ3v) is 5.97. The Balaban J connectivity index is 0. The number of unbranched alkanes of at least 4 members (excludes halogenated alkanes) is 15. The molecule has 1 unspecified atom stereocenters. The molecule has 0 saturated heterocycles. The van der Waals surface area contributed by atoms with Gasteiger partial charge in [0.25, 0.3) is 0 Å². The first-order valence-electron chi connectivity index (χ1n) is 13.1. The fourth-order valence-electron chi connectivity index (χ4n) is 3.66. The maximum atomic E-state index is 11.8. The molecule has 0 fully saturated rings. The molecule has 34 heavy (non-hydrogen) atoms. The van der Waals surface area contributed by atoms with Gasteiger partial charge in [0.05, 0.1) is 19.8 Å². The van der Waals surface area contributed by atoms with E-state index in [4.69, 9.17) is 9.47 Å². The number of carbonyl (C=O) groups is 1. The Bertz CT molecular complexity index is 543. The van der Waals surface area contributed by atoms with Crippen molar-refractivity contribution < 1.29 is 61.5 Å². The molecule has 0 bridgehead atoms. The number of hydrogen-bond acceptors (Lipinski definition) is 7. The van der Waals surface area contributed by atoms with Crippen LogP contribution in [0.5, 0.6) is 0 Å². The van der Waals surface area contributed by atoms with Gasteiger partial charge in [0.15, 0.2) is 0 Å². The summed E-state index contributed by atoms with van der Waals surface area (Å²) in [4.78, 5) is 11.8. The summed E-state index contributed by atoms with van der Waals surface area (Å²) in [6.45, 7) is 4.35. The van der Waals surface area contributed by atoms with Crippen molar-refractivity contribution in [3.05, 3.63) is 0 Å². The molecule has 0 aromatic carbocycles. The Morgan fingerprint density at radius 2 is 1.15 bits per heavy atom. The molecule has 0 rings (SSSR count). The van der Waals surface area contributed by atoms with Gasteiger partial charge in [-0.3, -0.25) is 4.79 Å². The van der Waals surface area contributed by atoms with Crippen molar-refractivity contribution in [3.63, 3.8) is 0 Å². The maximum absolute atomic E-state index is 11.8. The van der Waals surface area contributed by atoms with E-state index in [0.717, 1.165) is 12.8 Å². The maximum Gasteiger partial charge on any atom is 1.00 e. The summed E-state index contributed by atoms with van der Waals surface area (Å²) in [5, 5.41) is 0. The quantitative estimate of drug-likeness (QED) is 0.0795. The van der Waals surface area contributed by atoms with E-state index in [1.165, 1.54) is 89.9 Å². The number of ether oxygens (including phenoxy) is 3. The number of hydrogen-bond donors (Lipinski definition) is 0. The average Bonchev–Trinajstić information content (AvgIpc) is 2.75. The van der Waals surface area contributed by atoms with Crippen LogP contribution in [0.1, 0.15) is 123 Å². The monoisotopic (exact) mass is 516 g/mol. The van der Waals surface area contributed by atoms with Crippen molar-refractivity contribution >= 4 is 16.1 Å². The molecule has 1 atom stereocenters. The van der Waals surface area contributed by atoms with Gasteiger partial charge in [-0.1, -0.05) is 103 Å². The second-order valence-corrected chi connectivity index (χ2v) is 10.4. The van der Waals surface area contributed by atoms with Crippen LogP contribution < -0.4 is 29.6 Å².